The fourth-order valence-electron chi connectivity index (χ4n) is 3.57. The van der Waals surface area contributed by atoms with Gasteiger partial charge in [-0.3, -0.25) is 9.59 Å². The Kier molecular flexibility index (Phi) is 4.58. The molecule has 2 aromatic rings. The van der Waals surface area contributed by atoms with Crippen LogP contribution < -0.4 is 10.5 Å². The van der Waals surface area contributed by atoms with Crippen LogP contribution in [0.15, 0.2) is 23.1 Å². The maximum absolute atomic E-state index is 13.1. The molecule has 0 aromatic carbocycles. The van der Waals surface area contributed by atoms with Crippen LogP contribution in [0.2, 0.25) is 5.02 Å². The molecule has 1 N–H and O–H groups in total. The molecule has 1 atom stereocenters. The number of amides is 1. The molecule has 8 nitrogen and oxygen atoms in total. The van der Waals surface area contributed by atoms with E-state index in [1.807, 2.05) is 0 Å². The number of anilines is 1. The molecule has 1 amide bonds. The zero-order valence-corrected chi connectivity index (χ0v) is 14.9. The summed E-state index contributed by atoms with van der Waals surface area (Å²) in [4.78, 5) is 36.9. The number of H-pyrrole nitrogens is 1. The van der Waals surface area contributed by atoms with Gasteiger partial charge in [0.15, 0.2) is 5.69 Å². The first-order chi connectivity index (χ1) is 12.6. The third kappa shape index (κ3) is 3.16. The number of hydrogen-bond acceptors (Lipinski definition) is 6. The largest absolute Gasteiger partial charge is 0.341 e. The predicted molar refractivity (Wildman–Crippen MR) is 96.4 cm³/mol. The van der Waals surface area contributed by atoms with E-state index in [9.17, 15) is 9.59 Å². The molecule has 26 heavy (non-hydrogen) atoms. The number of likely N-dealkylation sites (tertiary alicyclic amines) is 1. The zero-order valence-electron chi connectivity index (χ0n) is 14.2. The van der Waals surface area contributed by atoms with Gasteiger partial charge in [-0.1, -0.05) is 11.6 Å². The first-order valence-corrected chi connectivity index (χ1v) is 9.15. The molecule has 4 rings (SSSR count). The lowest BCUT2D eigenvalue weighted by Crippen LogP contribution is -2.33. The van der Waals surface area contributed by atoms with E-state index in [1.165, 1.54) is 12.3 Å². The van der Waals surface area contributed by atoms with E-state index in [-0.39, 0.29) is 28.2 Å². The van der Waals surface area contributed by atoms with Crippen LogP contribution >= 0.6 is 11.6 Å². The summed E-state index contributed by atoms with van der Waals surface area (Å²) in [7, 11) is 0. The maximum atomic E-state index is 13.1. The van der Waals surface area contributed by atoms with Gasteiger partial charge >= 0.3 is 0 Å². The summed E-state index contributed by atoms with van der Waals surface area (Å²) in [5, 5.41) is 6.76. The van der Waals surface area contributed by atoms with Crippen molar-refractivity contribution in [2.24, 2.45) is 0 Å². The molecule has 0 bridgehead atoms. The zero-order chi connectivity index (χ0) is 18.1. The summed E-state index contributed by atoms with van der Waals surface area (Å²) in [6, 6.07) is 2.89. The van der Waals surface area contributed by atoms with Gasteiger partial charge in [0, 0.05) is 25.7 Å². The minimum Gasteiger partial charge on any atom is -0.341 e. The Morgan fingerprint density at radius 2 is 2.00 bits per heavy atom. The quantitative estimate of drug-likeness (QED) is 0.880. The average Bonchev–Trinajstić information content (AvgIpc) is 3.34. The molecule has 0 radical (unpaired) electrons. The molecule has 2 aliphatic heterocycles. The number of halogens is 1. The van der Waals surface area contributed by atoms with Gasteiger partial charge in [-0.25, -0.2) is 15.1 Å². The van der Waals surface area contributed by atoms with Crippen molar-refractivity contribution < 1.29 is 4.79 Å². The van der Waals surface area contributed by atoms with E-state index in [4.69, 9.17) is 11.6 Å². The van der Waals surface area contributed by atoms with Crippen molar-refractivity contribution in [2.75, 3.05) is 24.5 Å². The topological polar surface area (TPSA) is 95.1 Å². The molecule has 4 heterocycles. The standard InChI is InChI=1S/C17H19ClN6O2/c18-11-10-19-17(23-7-1-2-8-23)20-15(11)16(26)24-9-3-4-13(24)12-5-6-14(25)22-21-12/h5-6,10,13H,1-4,7-9H2,(H,22,25). The van der Waals surface area contributed by atoms with Crippen molar-refractivity contribution in [1.29, 1.82) is 0 Å². The minimum absolute atomic E-state index is 0.194. The van der Waals surface area contributed by atoms with Gasteiger partial charge in [0.05, 0.1) is 23.0 Å². The SMILES string of the molecule is O=C(c1nc(N2CCCC2)ncc1Cl)N1CCCC1c1ccc(=O)[nH]n1. The smallest absolute Gasteiger partial charge is 0.274 e. The Morgan fingerprint density at radius 1 is 1.19 bits per heavy atom. The summed E-state index contributed by atoms with van der Waals surface area (Å²) in [6.07, 6.45) is 5.34. The van der Waals surface area contributed by atoms with Crippen LogP contribution in [-0.4, -0.2) is 50.6 Å². The van der Waals surface area contributed by atoms with Crippen molar-refractivity contribution in [2.45, 2.75) is 31.7 Å². The van der Waals surface area contributed by atoms with Crippen LogP contribution in [0.25, 0.3) is 0 Å². The fourth-order valence-corrected chi connectivity index (χ4v) is 3.74. The van der Waals surface area contributed by atoms with E-state index >= 15 is 0 Å². The monoisotopic (exact) mass is 374 g/mol. The summed E-state index contributed by atoms with van der Waals surface area (Å²) >= 11 is 6.24. The number of nitrogens with zero attached hydrogens (tertiary/aromatic N) is 5. The minimum atomic E-state index is -0.265. The molecule has 2 fully saturated rings. The number of aromatic nitrogens is 4. The lowest BCUT2D eigenvalue weighted by Gasteiger charge is -2.24. The molecular weight excluding hydrogens is 356 g/mol. The molecule has 2 aromatic heterocycles. The Labute approximate surface area is 155 Å². The predicted octanol–water partition coefficient (Wildman–Crippen LogP) is 1.79. The van der Waals surface area contributed by atoms with Crippen molar-refractivity contribution in [1.82, 2.24) is 25.1 Å². The number of aromatic amines is 1. The van der Waals surface area contributed by atoms with Crippen LogP contribution in [0, 0.1) is 0 Å². The second-order valence-electron chi connectivity index (χ2n) is 6.56. The highest BCUT2D eigenvalue weighted by molar-refractivity contribution is 6.33. The fraction of sp³-hybridized carbons (Fsp3) is 0.471. The molecule has 136 valence electrons. The molecule has 2 saturated heterocycles. The van der Waals surface area contributed by atoms with Crippen LogP contribution in [0.4, 0.5) is 5.95 Å². The highest BCUT2D eigenvalue weighted by atomic mass is 35.5. The molecular formula is C17H19ClN6O2. The molecule has 2 aliphatic rings. The Balaban J connectivity index is 1.62. The second kappa shape index (κ2) is 7.03. The lowest BCUT2D eigenvalue weighted by molar-refractivity contribution is 0.0726. The van der Waals surface area contributed by atoms with E-state index in [1.54, 1.807) is 11.0 Å². The van der Waals surface area contributed by atoms with Gasteiger partial charge < -0.3 is 9.80 Å². The van der Waals surface area contributed by atoms with Crippen molar-refractivity contribution in [3.63, 3.8) is 0 Å². The van der Waals surface area contributed by atoms with Crippen molar-refractivity contribution in [3.8, 4) is 0 Å². The number of carbonyl (C=O) groups excluding carboxylic acids is 1. The molecule has 0 spiro atoms. The molecule has 1 unspecified atom stereocenters. The van der Waals surface area contributed by atoms with E-state index in [0.717, 1.165) is 38.8 Å². The normalized spacial score (nSPS) is 20.0. The van der Waals surface area contributed by atoms with Crippen LogP contribution in [-0.2, 0) is 0 Å². The Morgan fingerprint density at radius 3 is 2.73 bits per heavy atom. The Hall–Kier alpha value is -2.48. The van der Waals surface area contributed by atoms with Gasteiger partial charge in [-0.05, 0) is 31.7 Å². The number of nitrogens with one attached hydrogen (secondary N) is 1. The van der Waals surface area contributed by atoms with Crippen LogP contribution in [0.5, 0.6) is 0 Å². The van der Waals surface area contributed by atoms with Gasteiger partial charge in [-0.2, -0.15) is 5.10 Å². The second-order valence-corrected chi connectivity index (χ2v) is 6.97. The number of hydrogen-bond donors (Lipinski definition) is 1. The third-order valence-corrected chi connectivity index (χ3v) is 5.16. The van der Waals surface area contributed by atoms with E-state index < -0.39 is 0 Å². The summed E-state index contributed by atoms with van der Waals surface area (Å²) in [5.74, 6) is 0.321. The number of rotatable bonds is 3. The summed E-state index contributed by atoms with van der Waals surface area (Å²) in [6.45, 7) is 2.38. The highest BCUT2D eigenvalue weighted by Gasteiger charge is 2.34. The number of carbonyl (C=O) groups is 1. The third-order valence-electron chi connectivity index (χ3n) is 4.88. The van der Waals surface area contributed by atoms with E-state index in [2.05, 4.69) is 25.1 Å². The summed E-state index contributed by atoms with van der Waals surface area (Å²) in [5.41, 5.74) is 0.624. The first-order valence-electron chi connectivity index (χ1n) is 8.77. The molecule has 0 saturated carbocycles. The van der Waals surface area contributed by atoms with Gasteiger partial charge in [0.2, 0.25) is 5.95 Å². The maximum Gasteiger partial charge on any atom is 0.274 e. The van der Waals surface area contributed by atoms with Crippen molar-refractivity contribution >= 4 is 23.5 Å². The first kappa shape index (κ1) is 17.0. The lowest BCUT2D eigenvalue weighted by atomic mass is 10.1. The van der Waals surface area contributed by atoms with Crippen LogP contribution in [0.3, 0.4) is 0 Å². The van der Waals surface area contributed by atoms with Gasteiger partial charge in [-0.15, -0.1) is 0 Å². The molecule has 9 heteroatoms. The Bertz CT molecular complexity index is 859. The van der Waals surface area contributed by atoms with Crippen LogP contribution in [0.1, 0.15) is 47.9 Å². The van der Waals surface area contributed by atoms with Crippen molar-refractivity contribution in [3.05, 3.63) is 45.1 Å². The average molecular weight is 375 g/mol. The molecule has 0 aliphatic carbocycles. The highest BCUT2D eigenvalue weighted by Crippen LogP contribution is 2.32. The van der Waals surface area contributed by atoms with Gasteiger partial charge in [0.25, 0.3) is 11.5 Å². The van der Waals surface area contributed by atoms with Gasteiger partial charge in [0.1, 0.15) is 0 Å². The van der Waals surface area contributed by atoms with E-state index in [0.29, 0.717) is 18.2 Å². The summed E-state index contributed by atoms with van der Waals surface area (Å²) < 4.78 is 0.